The van der Waals surface area contributed by atoms with E-state index in [9.17, 15) is 9.59 Å². The van der Waals surface area contributed by atoms with Crippen LogP contribution in [0.3, 0.4) is 0 Å². The van der Waals surface area contributed by atoms with E-state index in [2.05, 4.69) is 22.2 Å². The van der Waals surface area contributed by atoms with Crippen molar-refractivity contribution in [2.75, 3.05) is 13.1 Å². The highest BCUT2D eigenvalue weighted by Crippen LogP contribution is 2.10. The molecule has 0 spiro atoms. The van der Waals surface area contributed by atoms with Crippen LogP contribution >= 0.6 is 11.3 Å². The number of hydrogen-bond donors (Lipinski definition) is 2. The Bertz CT molecular complexity index is 401. The Hall–Kier alpha value is -1.69. The van der Waals surface area contributed by atoms with Gasteiger partial charge in [-0.25, -0.2) is 4.98 Å². The molecule has 1 aromatic rings. The van der Waals surface area contributed by atoms with Crippen LogP contribution in [0.5, 0.6) is 0 Å². The average Bonchev–Trinajstić information content (AvgIpc) is 2.70. The number of hydrogen-bond acceptors (Lipinski definition) is 4. The van der Waals surface area contributed by atoms with Crippen molar-refractivity contribution < 1.29 is 9.59 Å². The molecule has 0 saturated carbocycles. The van der Waals surface area contributed by atoms with Gasteiger partial charge in [-0.2, -0.15) is 0 Å². The van der Waals surface area contributed by atoms with Gasteiger partial charge in [-0.05, 0) is 13.0 Å². The number of thiazole rings is 1. The van der Waals surface area contributed by atoms with Crippen LogP contribution in [-0.2, 0) is 4.79 Å². The van der Waals surface area contributed by atoms with Crippen LogP contribution in [0.25, 0.3) is 0 Å². The molecule has 1 rings (SSSR count). The molecule has 0 aliphatic rings. The maximum Gasteiger partial charge on any atom is 0.263 e. The molecule has 0 atom stereocenters. The van der Waals surface area contributed by atoms with Crippen LogP contribution in [0, 0.1) is 6.92 Å². The van der Waals surface area contributed by atoms with Crippen LogP contribution in [0.15, 0.2) is 18.2 Å². The van der Waals surface area contributed by atoms with Gasteiger partial charge in [0.25, 0.3) is 5.91 Å². The fraction of sp³-hybridized carbons (Fsp3) is 0.300. The van der Waals surface area contributed by atoms with Crippen LogP contribution in [0.1, 0.15) is 15.4 Å². The fourth-order valence-electron chi connectivity index (χ4n) is 1.03. The van der Waals surface area contributed by atoms with E-state index < -0.39 is 0 Å². The van der Waals surface area contributed by atoms with Crippen molar-refractivity contribution in [1.82, 2.24) is 15.6 Å². The first-order valence-electron chi connectivity index (χ1n) is 4.73. The third-order valence-corrected chi connectivity index (χ3v) is 2.77. The lowest BCUT2D eigenvalue weighted by Gasteiger charge is -2.04. The molecule has 1 aromatic heterocycles. The first-order chi connectivity index (χ1) is 7.65. The third-order valence-electron chi connectivity index (χ3n) is 1.85. The number of amides is 2. The van der Waals surface area contributed by atoms with Crippen molar-refractivity contribution in [3.05, 3.63) is 28.7 Å². The van der Waals surface area contributed by atoms with Gasteiger partial charge in [0.1, 0.15) is 4.88 Å². The lowest BCUT2D eigenvalue weighted by molar-refractivity contribution is -0.116. The second kappa shape index (κ2) is 6.02. The molecule has 86 valence electrons. The molecule has 1 heterocycles. The van der Waals surface area contributed by atoms with E-state index >= 15 is 0 Å². The molecule has 0 saturated heterocycles. The van der Waals surface area contributed by atoms with Crippen LogP contribution in [0.2, 0.25) is 0 Å². The van der Waals surface area contributed by atoms with Crippen molar-refractivity contribution >= 4 is 23.2 Å². The highest BCUT2D eigenvalue weighted by atomic mass is 32.1. The van der Waals surface area contributed by atoms with Crippen molar-refractivity contribution in [2.45, 2.75) is 6.92 Å². The smallest absolute Gasteiger partial charge is 0.263 e. The summed E-state index contributed by atoms with van der Waals surface area (Å²) in [5, 5.41) is 5.25. The van der Waals surface area contributed by atoms with Crippen LogP contribution < -0.4 is 10.6 Å². The number of rotatable bonds is 5. The second-order valence-electron chi connectivity index (χ2n) is 3.02. The topological polar surface area (TPSA) is 71.1 Å². The van der Waals surface area contributed by atoms with E-state index in [-0.39, 0.29) is 11.8 Å². The Labute approximate surface area is 97.6 Å². The summed E-state index contributed by atoms with van der Waals surface area (Å²) in [6, 6.07) is 0. The Morgan fingerprint density at radius 2 is 2.19 bits per heavy atom. The number of nitrogens with zero attached hydrogens (tertiary/aromatic N) is 1. The van der Waals surface area contributed by atoms with Crippen LogP contribution in [-0.4, -0.2) is 29.9 Å². The summed E-state index contributed by atoms with van der Waals surface area (Å²) in [5.74, 6) is -0.406. The molecule has 0 fully saturated rings. The molecule has 6 heteroatoms. The molecule has 0 bridgehead atoms. The maximum absolute atomic E-state index is 11.6. The molecule has 2 amide bonds. The van der Waals surface area contributed by atoms with E-state index in [4.69, 9.17) is 0 Å². The van der Waals surface area contributed by atoms with Gasteiger partial charge in [-0.15, -0.1) is 11.3 Å². The van der Waals surface area contributed by atoms with Crippen molar-refractivity contribution in [1.29, 1.82) is 0 Å². The summed E-state index contributed by atoms with van der Waals surface area (Å²) in [4.78, 5) is 26.9. The standard InChI is InChI=1S/C10H13N3O2S/c1-3-8(14)11-4-5-12-10(15)9-7(2)13-6-16-9/h3,6H,1,4-5H2,2H3,(H,11,14)(H,12,15). The molecule has 16 heavy (non-hydrogen) atoms. The Balaban J connectivity index is 2.29. The van der Waals surface area contributed by atoms with Gasteiger partial charge in [0.2, 0.25) is 5.91 Å². The lowest BCUT2D eigenvalue weighted by atomic mass is 10.4. The SMILES string of the molecule is C=CC(=O)NCCNC(=O)c1scnc1C. The first kappa shape index (κ1) is 12.4. The van der Waals surface area contributed by atoms with Gasteiger partial charge in [-0.3, -0.25) is 9.59 Å². The molecule has 2 N–H and O–H groups in total. The third kappa shape index (κ3) is 3.47. The van der Waals surface area contributed by atoms with E-state index in [0.29, 0.717) is 18.0 Å². The summed E-state index contributed by atoms with van der Waals surface area (Å²) in [7, 11) is 0. The molecule has 0 aromatic carbocycles. The Morgan fingerprint density at radius 1 is 1.50 bits per heavy atom. The van der Waals surface area contributed by atoms with Crippen molar-refractivity contribution in [3.63, 3.8) is 0 Å². The minimum Gasteiger partial charge on any atom is -0.351 e. The van der Waals surface area contributed by atoms with Gasteiger partial charge in [0.15, 0.2) is 0 Å². The zero-order valence-electron chi connectivity index (χ0n) is 8.95. The molecule has 5 nitrogen and oxygen atoms in total. The monoisotopic (exact) mass is 239 g/mol. The van der Waals surface area contributed by atoms with Gasteiger partial charge in [-0.1, -0.05) is 6.58 Å². The number of carbonyl (C=O) groups excluding carboxylic acids is 2. The average molecular weight is 239 g/mol. The molecular formula is C10H13N3O2S. The maximum atomic E-state index is 11.6. The van der Waals surface area contributed by atoms with Crippen LogP contribution in [0.4, 0.5) is 0 Å². The highest BCUT2D eigenvalue weighted by molar-refractivity contribution is 7.11. The number of aryl methyl sites for hydroxylation is 1. The molecular weight excluding hydrogens is 226 g/mol. The first-order valence-corrected chi connectivity index (χ1v) is 5.61. The van der Waals surface area contributed by atoms with E-state index in [0.717, 1.165) is 5.69 Å². The summed E-state index contributed by atoms with van der Waals surface area (Å²) in [6.45, 7) is 5.87. The number of nitrogens with one attached hydrogen (secondary N) is 2. The summed E-state index contributed by atoms with van der Waals surface area (Å²) >= 11 is 1.30. The predicted molar refractivity (Wildman–Crippen MR) is 62.4 cm³/mol. The fourth-order valence-corrected chi connectivity index (χ4v) is 1.75. The van der Waals surface area contributed by atoms with Gasteiger partial charge in [0, 0.05) is 13.1 Å². The minimum absolute atomic E-state index is 0.159. The van der Waals surface area contributed by atoms with Crippen molar-refractivity contribution in [3.8, 4) is 0 Å². The Morgan fingerprint density at radius 3 is 2.75 bits per heavy atom. The number of carbonyl (C=O) groups is 2. The number of aromatic nitrogens is 1. The largest absolute Gasteiger partial charge is 0.351 e. The quantitative estimate of drug-likeness (QED) is 0.580. The second-order valence-corrected chi connectivity index (χ2v) is 3.87. The minimum atomic E-state index is -0.247. The van der Waals surface area contributed by atoms with Gasteiger partial charge >= 0.3 is 0 Å². The summed E-state index contributed by atoms with van der Waals surface area (Å²) in [6.07, 6.45) is 1.19. The van der Waals surface area contributed by atoms with Gasteiger partial charge in [0.05, 0.1) is 11.2 Å². The van der Waals surface area contributed by atoms with Crippen molar-refractivity contribution in [2.24, 2.45) is 0 Å². The molecule has 0 unspecified atom stereocenters. The normalized spacial score (nSPS) is 9.56. The van der Waals surface area contributed by atoms with E-state index in [1.807, 2.05) is 0 Å². The zero-order chi connectivity index (χ0) is 12.0. The molecule has 0 aliphatic heterocycles. The lowest BCUT2D eigenvalue weighted by Crippen LogP contribution is -2.33. The summed E-state index contributed by atoms with van der Waals surface area (Å²) in [5.41, 5.74) is 2.35. The Kier molecular flexibility index (Phi) is 4.65. The predicted octanol–water partition coefficient (Wildman–Crippen LogP) is 0.484. The molecule has 0 aliphatic carbocycles. The van der Waals surface area contributed by atoms with E-state index in [1.54, 1.807) is 12.4 Å². The molecule has 0 radical (unpaired) electrons. The van der Waals surface area contributed by atoms with E-state index in [1.165, 1.54) is 17.4 Å². The summed E-state index contributed by atoms with van der Waals surface area (Å²) < 4.78 is 0. The zero-order valence-corrected chi connectivity index (χ0v) is 9.76. The van der Waals surface area contributed by atoms with Gasteiger partial charge < -0.3 is 10.6 Å². The highest BCUT2D eigenvalue weighted by Gasteiger charge is 2.10.